The number of hydrogen-bond acceptors (Lipinski definition) is 4. The van der Waals surface area contributed by atoms with E-state index < -0.39 is 11.5 Å². The van der Waals surface area contributed by atoms with Crippen molar-refractivity contribution in [1.82, 2.24) is 10.3 Å². The largest absolute Gasteiger partial charge is 0.480 e. The third kappa shape index (κ3) is 3.43. The second-order valence-electron chi connectivity index (χ2n) is 5.29. The Balaban J connectivity index is 2.06. The number of carbonyl (C=O) groups is 1. The van der Waals surface area contributed by atoms with Crippen LogP contribution in [-0.2, 0) is 11.3 Å². The number of aryl methyl sites for hydroxylation is 1. The van der Waals surface area contributed by atoms with Crippen molar-refractivity contribution in [3.8, 4) is 10.6 Å². The molecule has 0 radical (unpaired) electrons. The maximum absolute atomic E-state index is 11.0. The summed E-state index contributed by atoms with van der Waals surface area (Å²) in [6.07, 6.45) is 0. The molecule has 4 nitrogen and oxygen atoms in total. The third-order valence-corrected chi connectivity index (χ3v) is 4.04. The van der Waals surface area contributed by atoms with Gasteiger partial charge in [-0.05, 0) is 20.8 Å². The van der Waals surface area contributed by atoms with Crippen molar-refractivity contribution in [2.45, 2.75) is 32.9 Å². The van der Waals surface area contributed by atoms with Crippen molar-refractivity contribution >= 4 is 17.3 Å². The highest BCUT2D eigenvalue weighted by Gasteiger charge is 2.26. The molecule has 5 heteroatoms. The number of nitrogens with one attached hydrogen (secondary N) is 1. The highest BCUT2D eigenvalue weighted by Crippen LogP contribution is 2.24. The first kappa shape index (κ1) is 14.7. The molecule has 1 aromatic heterocycles. The van der Waals surface area contributed by atoms with Gasteiger partial charge in [0.15, 0.2) is 0 Å². The van der Waals surface area contributed by atoms with Crippen molar-refractivity contribution < 1.29 is 9.90 Å². The van der Waals surface area contributed by atoms with Gasteiger partial charge in [-0.25, -0.2) is 4.98 Å². The Morgan fingerprint density at radius 3 is 2.60 bits per heavy atom. The number of rotatable bonds is 5. The lowest BCUT2D eigenvalue weighted by Crippen LogP contribution is -2.46. The fraction of sp³-hybridized carbons (Fsp3) is 0.333. The van der Waals surface area contributed by atoms with Gasteiger partial charge in [-0.2, -0.15) is 0 Å². The smallest absolute Gasteiger partial charge is 0.323 e. The number of carboxylic acids is 1. The molecule has 0 aliphatic rings. The minimum absolute atomic E-state index is 0.446. The molecule has 0 saturated carbocycles. The Morgan fingerprint density at radius 1 is 1.35 bits per heavy atom. The Bertz CT molecular complexity index is 603. The molecule has 20 heavy (non-hydrogen) atoms. The molecule has 0 aliphatic carbocycles. The van der Waals surface area contributed by atoms with Crippen LogP contribution in [0.5, 0.6) is 0 Å². The number of benzene rings is 1. The highest BCUT2D eigenvalue weighted by molar-refractivity contribution is 7.13. The number of thiazole rings is 1. The zero-order chi connectivity index (χ0) is 14.8. The first-order valence-corrected chi connectivity index (χ1v) is 7.26. The summed E-state index contributed by atoms with van der Waals surface area (Å²) >= 11 is 1.57. The van der Waals surface area contributed by atoms with Gasteiger partial charge in [0.2, 0.25) is 0 Å². The van der Waals surface area contributed by atoms with Crippen LogP contribution in [0.4, 0.5) is 0 Å². The van der Waals surface area contributed by atoms with Gasteiger partial charge >= 0.3 is 5.97 Å². The standard InChI is InChI=1S/C15H18N2O2S/c1-10-4-6-11(7-5-10)13-17-12(9-20-13)8-16-15(2,3)14(18)19/h4-7,9,16H,8H2,1-3H3,(H,18,19). The molecule has 1 aromatic carbocycles. The SMILES string of the molecule is Cc1ccc(-c2nc(CNC(C)(C)C(=O)O)cs2)cc1. The normalized spacial score (nSPS) is 11.6. The van der Waals surface area contributed by atoms with E-state index in [2.05, 4.69) is 29.4 Å². The van der Waals surface area contributed by atoms with Crippen LogP contribution in [0.2, 0.25) is 0 Å². The van der Waals surface area contributed by atoms with Crippen LogP contribution in [0.15, 0.2) is 29.6 Å². The maximum atomic E-state index is 11.0. The van der Waals surface area contributed by atoms with E-state index in [4.69, 9.17) is 5.11 Å². The van der Waals surface area contributed by atoms with E-state index in [0.717, 1.165) is 16.3 Å². The molecule has 1 heterocycles. The summed E-state index contributed by atoms with van der Waals surface area (Å²) in [5.41, 5.74) is 2.22. The molecule has 2 rings (SSSR count). The quantitative estimate of drug-likeness (QED) is 0.888. The van der Waals surface area contributed by atoms with Crippen molar-refractivity contribution in [3.63, 3.8) is 0 Å². The first-order valence-electron chi connectivity index (χ1n) is 6.38. The van der Waals surface area contributed by atoms with Crippen molar-refractivity contribution in [3.05, 3.63) is 40.9 Å². The van der Waals surface area contributed by atoms with Gasteiger partial charge < -0.3 is 5.11 Å². The predicted octanol–water partition coefficient (Wildman–Crippen LogP) is 3.07. The lowest BCUT2D eigenvalue weighted by atomic mass is 10.1. The monoisotopic (exact) mass is 290 g/mol. The lowest BCUT2D eigenvalue weighted by molar-refractivity contribution is -0.143. The van der Waals surface area contributed by atoms with E-state index in [1.54, 1.807) is 25.2 Å². The minimum Gasteiger partial charge on any atom is -0.480 e. The molecular formula is C15H18N2O2S. The maximum Gasteiger partial charge on any atom is 0.323 e. The predicted molar refractivity (Wildman–Crippen MR) is 80.8 cm³/mol. The van der Waals surface area contributed by atoms with Crippen LogP contribution in [0.3, 0.4) is 0 Å². The molecule has 0 saturated heterocycles. The zero-order valence-corrected chi connectivity index (χ0v) is 12.6. The van der Waals surface area contributed by atoms with E-state index in [1.165, 1.54) is 5.56 Å². The Hall–Kier alpha value is -1.72. The van der Waals surface area contributed by atoms with Crippen LogP contribution in [0, 0.1) is 6.92 Å². The van der Waals surface area contributed by atoms with E-state index in [-0.39, 0.29) is 0 Å². The number of aliphatic carboxylic acids is 1. The van der Waals surface area contributed by atoms with E-state index in [1.807, 2.05) is 17.5 Å². The average Bonchev–Trinajstić information content (AvgIpc) is 2.86. The zero-order valence-electron chi connectivity index (χ0n) is 11.8. The fourth-order valence-corrected chi connectivity index (χ4v) is 2.43. The molecule has 0 atom stereocenters. The molecular weight excluding hydrogens is 272 g/mol. The van der Waals surface area contributed by atoms with Gasteiger partial charge in [0, 0.05) is 17.5 Å². The van der Waals surface area contributed by atoms with Crippen LogP contribution >= 0.6 is 11.3 Å². The summed E-state index contributed by atoms with van der Waals surface area (Å²) in [5.74, 6) is -0.869. The summed E-state index contributed by atoms with van der Waals surface area (Å²) in [6, 6.07) is 8.21. The average molecular weight is 290 g/mol. The number of nitrogens with zero attached hydrogens (tertiary/aromatic N) is 1. The summed E-state index contributed by atoms with van der Waals surface area (Å²) in [5, 5.41) is 15.0. The van der Waals surface area contributed by atoms with Crippen molar-refractivity contribution in [1.29, 1.82) is 0 Å². The molecule has 0 aliphatic heterocycles. The summed E-state index contributed by atoms with van der Waals surface area (Å²) in [4.78, 5) is 15.6. The van der Waals surface area contributed by atoms with Gasteiger partial charge in [0.1, 0.15) is 10.5 Å². The van der Waals surface area contributed by atoms with Crippen LogP contribution in [0.25, 0.3) is 10.6 Å². The highest BCUT2D eigenvalue weighted by atomic mass is 32.1. The number of carboxylic acid groups (broad SMARTS) is 1. The lowest BCUT2D eigenvalue weighted by Gasteiger charge is -2.20. The second-order valence-corrected chi connectivity index (χ2v) is 6.15. The summed E-state index contributed by atoms with van der Waals surface area (Å²) < 4.78 is 0. The Labute approximate surface area is 122 Å². The van der Waals surface area contributed by atoms with Gasteiger partial charge in [0.25, 0.3) is 0 Å². The summed E-state index contributed by atoms with van der Waals surface area (Å²) in [7, 11) is 0. The molecule has 2 aromatic rings. The Kier molecular flexibility index (Phi) is 4.20. The second kappa shape index (κ2) is 5.73. The molecule has 0 bridgehead atoms. The third-order valence-electron chi connectivity index (χ3n) is 3.10. The molecule has 0 fully saturated rings. The number of aromatic nitrogens is 1. The van der Waals surface area contributed by atoms with Gasteiger partial charge in [-0.3, -0.25) is 10.1 Å². The summed E-state index contributed by atoms with van der Waals surface area (Å²) in [6.45, 7) is 5.78. The molecule has 0 amide bonds. The van der Waals surface area contributed by atoms with Gasteiger partial charge in [-0.15, -0.1) is 11.3 Å². The van der Waals surface area contributed by atoms with Gasteiger partial charge in [-0.1, -0.05) is 29.8 Å². The molecule has 0 unspecified atom stereocenters. The van der Waals surface area contributed by atoms with Crippen molar-refractivity contribution in [2.24, 2.45) is 0 Å². The van der Waals surface area contributed by atoms with E-state index in [9.17, 15) is 4.79 Å². The Morgan fingerprint density at radius 2 is 2.00 bits per heavy atom. The van der Waals surface area contributed by atoms with Crippen LogP contribution in [-0.4, -0.2) is 21.6 Å². The van der Waals surface area contributed by atoms with Crippen LogP contribution < -0.4 is 5.32 Å². The number of hydrogen-bond donors (Lipinski definition) is 2. The molecule has 2 N–H and O–H groups in total. The molecule has 0 spiro atoms. The van der Waals surface area contributed by atoms with Crippen LogP contribution in [0.1, 0.15) is 25.1 Å². The van der Waals surface area contributed by atoms with E-state index >= 15 is 0 Å². The first-order chi connectivity index (χ1) is 9.38. The fourth-order valence-electron chi connectivity index (χ4n) is 1.60. The van der Waals surface area contributed by atoms with Gasteiger partial charge in [0.05, 0.1) is 5.69 Å². The molecule has 106 valence electrons. The topological polar surface area (TPSA) is 62.2 Å². The van der Waals surface area contributed by atoms with E-state index in [0.29, 0.717) is 6.54 Å². The van der Waals surface area contributed by atoms with Crippen molar-refractivity contribution in [2.75, 3.05) is 0 Å². The minimum atomic E-state index is -0.951.